The van der Waals surface area contributed by atoms with Gasteiger partial charge in [-0.05, 0) is 72.5 Å². The van der Waals surface area contributed by atoms with Gasteiger partial charge in [0.05, 0.1) is 16.6 Å². The van der Waals surface area contributed by atoms with Gasteiger partial charge in [-0.2, -0.15) is 13.2 Å². The average Bonchev–Trinajstić information content (AvgIpc) is 3.43. The van der Waals surface area contributed by atoms with Gasteiger partial charge >= 0.3 is 6.18 Å². The molecule has 0 bridgehead atoms. The normalized spacial score (nSPS) is 11.8. The van der Waals surface area contributed by atoms with Crippen LogP contribution in [0, 0.1) is 13.8 Å². The molecule has 2 aromatic heterocycles. The van der Waals surface area contributed by atoms with E-state index in [1.807, 2.05) is 92.7 Å². The first-order valence-electron chi connectivity index (χ1n) is 15.9. The molecule has 8 aromatic rings. The molecule has 0 atom stereocenters. The SMILES string of the molecule is Cc1ccc2c3ccc(C)cc3n(-c3ccc(-c4nc(-c5ccccc5)nc(-c5ccccc5)n4)c(-c4ccccc4C(F)(F)F)c3)c2c1. The third-order valence-electron chi connectivity index (χ3n) is 8.80. The summed E-state index contributed by atoms with van der Waals surface area (Å²) < 4.78 is 46.1. The molecule has 8 rings (SSSR count). The van der Waals surface area contributed by atoms with Crippen molar-refractivity contribution in [3.8, 4) is 51.0 Å². The van der Waals surface area contributed by atoms with Crippen molar-refractivity contribution < 1.29 is 13.2 Å². The van der Waals surface area contributed by atoms with Crippen LogP contribution in [0.15, 0.2) is 140 Å². The van der Waals surface area contributed by atoms with Crippen molar-refractivity contribution in [3.63, 3.8) is 0 Å². The van der Waals surface area contributed by atoms with Gasteiger partial charge in [0.2, 0.25) is 0 Å². The molecule has 238 valence electrons. The van der Waals surface area contributed by atoms with Gasteiger partial charge in [0.15, 0.2) is 17.5 Å². The molecule has 0 spiro atoms. The predicted molar refractivity (Wildman–Crippen MR) is 190 cm³/mol. The monoisotopic (exact) mass is 646 g/mol. The molecule has 49 heavy (non-hydrogen) atoms. The summed E-state index contributed by atoms with van der Waals surface area (Å²) in [6.45, 7) is 4.08. The molecule has 2 heterocycles. The van der Waals surface area contributed by atoms with Crippen LogP contribution in [0.25, 0.3) is 72.8 Å². The van der Waals surface area contributed by atoms with Gasteiger partial charge in [-0.15, -0.1) is 0 Å². The standard InChI is InChI=1S/C42H29F3N4/c1-26-17-20-32-33-21-18-27(2)24-38(33)49(37(32)23-26)30-19-22-34(35(25-30)31-15-9-10-16-36(31)42(43,44)45)41-47-39(28-11-5-3-6-12-28)46-40(48-41)29-13-7-4-8-14-29/h3-25H,1-2H3. The Morgan fingerprint density at radius 2 is 0.980 bits per heavy atom. The minimum absolute atomic E-state index is 0.0444. The number of hydrogen-bond donors (Lipinski definition) is 0. The van der Waals surface area contributed by atoms with E-state index in [1.54, 1.807) is 6.07 Å². The average molecular weight is 647 g/mol. The maximum absolute atomic E-state index is 14.7. The van der Waals surface area contributed by atoms with Gasteiger partial charge in [0.1, 0.15) is 0 Å². The predicted octanol–water partition coefficient (Wildman–Crippen LogP) is 11.3. The number of benzene rings is 6. The lowest BCUT2D eigenvalue weighted by Crippen LogP contribution is -2.08. The maximum Gasteiger partial charge on any atom is 0.417 e. The van der Waals surface area contributed by atoms with Gasteiger partial charge in [0.25, 0.3) is 0 Å². The molecule has 0 N–H and O–H groups in total. The topological polar surface area (TPSA) is 43.6 Å². The molecular formula is C42H29F3N4. The summed E-state index contributed by atoms with van der Waals surface area (Å²) in [5.74, 6) is 1.13. The highest BCUT2D eigenvalue weighted by Gasteiger charge is 2.34. The van der Waals surface area contributed by atoms with Gasteiger partial charge in [-0.3, -0.25) is 0 Å². The van der Waals surface area contributed by atoms with Crippen LogP contribution in [0.1, 0.15) is 16.7 Å². The number of nitrogens with zero attached hydrogens (tertiary/aromatic N) is 4. The van der Waals surface area contributed by atoms with Gasteiger partial charge in [-0.25, -0.2) is 15.0 Å². The van der Waals surface area contributed by atoms with Crippen LogP contribution in [0.4, 0.5) is 13.2 Å². The van der Waals surface area contributed by atoms with E-state index >= 15 is 0 Å². The largest absolute Gasteiger partial charge is 0.417 e. The highest BCUT2D eigenvalue weighted by Crippen LogP contribution is 2.42. The van der Waals surface area contributed by atoms with Gasteiger partial charge < -0.3 is 4.57 Å². The second-order valence-electron chi connectivity index (χ2n) is 12.2. The number of hydrogen-bond acceptors (Lipinski definition) is 3. The lowest BCUT2D eigenvalue weighted by molar-refractivity contribution is -0.137. The van der Waals surface area contributed by atoms with Crippen LogP contribution >= 0.6 is 0 Å². The summed E-state index contributed by atoms with van der Waals surface area (Å²) in [4.78, 5) is 14.6. The smallest absolute Gasteiger partial charge is 0.309 e. The van der Waals surface area contributed by atoms with Gasteiger partial charge in [-0.1, -0.05) is 103 Å². The van der Waals surface area contributed by atoms with Crippen molar-refractivity contribution in [2.24, 2.45) is 0 Å². The van der Waals surface area contributed by atoms with Crippen LogP contribution < -0.4 is 0 Å². The Balaban J connectivity index is 1.45. The zero-order chi connectivity index (χ0) is 33.7. The van der Waals surface area contributed by atoms with E-state index < -0.39 is 11.7 Å². The fraction of sp³-hybridized carbons (Fsp3) is 0.0714. The molecule has 0 unspecified atom stereocenters. The van der Waals surface area contributed by atoms with E-state index in [9.17, 15) is 13.2 Å². The Bertz CT molecular complexity index is 2380. The van der Waals surface area contributed by atoms with Crippen molar-refractivity contribution in [2.75, 3.05) is 0 Å². The maximum atomic E-state index is 14.7. The van der Waals surface area contributed by atoms with E-state index in [0.717, 1.165) is 55.8 Å². The fourth-order valence-corrected chi connectivity index (χ4v) is 6.50. The zero-order valence-electron chi connectivity index (χ0n) is 26.7. The van der Waals surface area contributed by atoms with Crippen LogP contribution in [-0.4, -0.2) is 19.5 Å². The molecule has 0 aliphatic carbocycles. The minimum atomic E-state index is -4.59. The summed E-state index contributed by atoms with van der Waals surface area (Å²) in [6.07, 6.45) is -4.59. The molecule has 7 heteroatoms. The van der Waals surface area contributed by atoms with Crippen molar-refractivity contribution in [3.05, 3.63) is 156 Å². The number of alkyl halides is 3. The van der Waals surface area contributed by atoms with Crippen LogP contribution in [-0.2, 0) is 6.18 Å². The highest BCUT2D eigenvalue weighted by molar-refractivity contribution is 6.09. The molecule has 0 saturated heterocycles. The van der Waals surface area contributed by atoms with Crippen molar-refractivity contribution in [1.82, 2.24) is 19.5 Å². The number of rotatable bonds is 5. The summed E-state index contributed by atoms with van der Waals surface area (Å²) in [6, 6.07) is 42.9. The first-order chi connectivity index (χ1) is 23.7. The lowest BCUT2D eigenvalue weighted by Gasteiger charge is -2.18. The summed E-state index contributed by atoms with van der Waals surface area (Å²) in [5.41, 5.74) is 6.52. The van der Waals surface area contributed by atoms with E-state index in [4.69, 9.17) is 15.0 Å². The molecule has 0 amide bonds. The number of fused-ring (bicyclic) bond motifs is 3. The first kappa shape index (κ1) is 30.3. The molecule has 4 nitrogen and oxygen atoms in total. The Hall–Kier alpha value is -6.08. The number of halogens is 3. The summed E-state index contributed by atoms with van der Waals surface area (Å²) in [7, 11) is 0. The molecule has 0 aliphatic heterocycles. The number of aryl methyl sites for hydroxylation is 2. The van der Waals surface area contributed by atoms with Crippen molar-refractivity contribution in [2.45, 2.75) is 20.0 Å². The molecule has 0 saturated carbocycles. The molecule has 0 fully saturated rings. The zero-order valence-corrected chi connectivity index (χ0v) is 26.7. The first-order valence-corrected chi connectivity index (χ1v) is 15.9. The fourth-order valence-electron chi connectivity index (χ4n) is 6.50. The van der Waals surface area contributed by atoms with Crippen molar-refractivity contribution >= 4 is 21.8 Å². The quantitative estimate of drug-likeness (QED) is 0.187. The second-order valence-corrected chi connectivity index (χ2v) is 12.2. The Morgan fingerprint density at radius 1 is 0.469 bits per heavy atom. The van der Waals surface area contributed by atoms with E-state index in [-0.39, 0.29) is 11.4 Å². The van der Waals surface area contributed by atoms with Crippen LogP contribution in [0.5, 0.6) is 0 Å². The number of aromatic nitrogens is 4. The Kier molecular flexibility index (Phi) is 7.33. The lowest BCUT2D eigenvalue weighted by atomic mass is 9.93. The second kappa shape index (κ2) is 11.9. The Labute approximate surface area is 281 Å². The molecule has 0 radical (unpaired) electrons. The Morgan fingerprint density at radius 3 is 1.53 bits per heavy atom. The van der Waals surface area contributed by atoms with E-state index in [1.165, 1.54) is 12.1 Å². The molecule has 0 aliphatic rings. The van der Waals surface area contributed by atoms with E-state index in [2.05, 4.69) is 41.0 Å². The highest BCUT2D eigenvalue weighted by atomic mass is 19.4. The summed E-state index contributed by atoms with van der Waals surface area (Å²) in [5, 5.41) is 2.14. The molecular weight excluding hydrogens is 617 g/mol. The van der Waals surface area contributed by atoms with Crippen LogP contribution in [0.2, 0.25) is 0 Å². The molecule has 6 aromatic carbocycles. The summed E-state index contributed by atoms with van der Waals surface area (Å²) >= 11 is 0. The van der Waals surface area contributed by atoms with Gasteiger partial charge in [0, 0.05) is 33.2 Å². The minimum Gasteiger partial charge on any atom is -0.309 e. The van der Waals surface area contributed by atoms with Crippen LogP contribution in [0.3, 0.4) is 0 Å². The third-order valence-corrected chi connectivity index (χ3v) is 8.80. The van der Waals surface area contributed by atoms with Crippen molar-refractivity contribution in [1.29, 1.82) is 0 Å². The van der Waals surface area contributed by atoms with E-state index in [0.29, 0.717) is 22.8 Å². The third kappa shape index (κ3) is 5.53.